The Kier molecular flexibility index (Phi) is 4.00. The Bertz CT molecular complexity index is 613. The highest BCUT2D eigenvalue weighted by molar-refractivity contribution is 6.21. The van der Waals surface area contributed by atoms with Crippen molar-refractivity contribution in [2.24, 2.45) is 0 Å². The first-order valence-corrected chi connectivity index (χ1v) is 6.65. The minimum absolute atomic E-state index is 0.0252. The van der Waals surface area contributed by atoms with Crippen LogP contribution in [0.25, 0.3) is 10.8 Å². The van der Waals surface area contributed by atoms with Gasteiger partial charge in [-0.2, -0.15) is 0 Å². The van der Waals surface area contributed by atoms with Gasteiger partial charge in [-0.1, -0.05) is 13.0 Å². The number of benzene rings is 1. The van der Waals surface area contributed by atoms with Crippen molar-refractivity contribution in [3.05, 3.63) is 46.3 Å². The summed E-state index contributed by atoms with van der Waals surface area (Å²) in [7, 11) is 0. The molecule has 1 aromatic heterocycles. The maximum atomic E-state index is 11.1. The number of hydrogen-bond acceptors (Lipinski definition) is 3. The van der Waals surface area contributed by atoms with Crippen LogP contribution in [0.5, 0.6) is 0 Å². The molecule has 19 heavy (non-hydrogen) atoms. The molecule has 5 heteroatoms. The Hall–Kier alpha value is -1.68. The molecule has 0 fully saturated rings. The van der Waals surface area contributed by atoms with Gasteiger partial charge in [-0.3, -0.25) is 15.1 Å². The number of nitrogens with zero attached hydrogens (tertiary/aromatic N) is 2. The molecule has 0 saturated heterocycles. The second kappa shape index (κ2) is 5.53. The highest BCUT2D eigenvalue weighted by Gasteiger charge is 2.21. The average molecular weight is 279 g/mol. The zero-order chi connectivity index (χ0) is 14.0. The Balaban J connectivity index is 2.71. The van der Waals surface area contributed by atoms with Crippen molar-refractivity contribution in [1.29, 1.82) is 0 Å². The van der Waals surface area contributed by atoms with E-state index in [1.54, 1.807) is 18.5 Å². The van der Waals surface area contributed by atoms with Crippen LogP contribution in [0.15, 0.2) is 30.6 Å². The van der Waals surface area contributed by atoms with Crippen molar-refractivity contribution in [2.75, 3.05) is 0 Å². The van der Waals surface area contributed by atoms with Gasteiger partial charge in [0.1, 0.15) is 0 Å². The number of alkyl halides is 1. The number of pyridine rings is 1. The molecule has 100 valence electrons. The molecular weight excluding hydrogens is 264 g/mol. The van der Waals surface area contributed by atoms with Gasteiger partial charge in [0.05, 0.1) is 10.3 Å². The van der Waals surface area contributed by atoms with E-state index in [0.717, 1.165) is 17.4 Å². The molecule has 1 aromatic carbocycles. The van der Waals surface area contributed by atoms with Gasteiger partial charge in [-0.25, -0.2) is 0 Å². The van der Waals surface area contributed by atoms with Gasteiger partial charge in [0, 0.05) is 29.8 Å². The average Bonchev–Trinajstić information content (AvgIpc) is 2.39. The van der Waals surface area contributed by atoms with E-state index in [9.17, 15) is 10.1 Å². The van der Waals surface area contributed by atoms with Gasteiger partial charge in [0.15, 0.2) is 0 Å². The number of fused-ring (bicyclic) bond motifs is 1. The predicted octanol–water partition coefficient (Wildman–Crippen LogP) is 4.26. The first-order chi connectivity index (χ1) is 9.06. The number of rotatable bonds is 4. The summed E-state index contributed by atoms with van der Waals surface area (Å²) in [5, 5.41) is 12.5. The van der Waals surface area contributed by atoms with Crippen molar-refractivity contribution in [3.63, 3.8) is 0 Å². The molecule has 2 unspecified atom stereocenters. The maximum absolute atomic E-state index is 11.1. The van der Waals surface area contributed by atoms with Crippen LogP contribution in [0.4, 0.5) is 5.69 Å². The number of aromatic nitrogens is 1. The fourth-order valence-corrected chi connectivity index (χ4v) is 2.79. The molecule has 4 nitrogen and oxygen atoms in total. The number of nitro benzene ring substituents is 1. The summed E-state index contributed by atoms with van der Waals surface area (Å²) in [6.45, 7) is 4.02. The molecule has 2 rings (SSSR count). The van der Waals surface area contributed by atoms with E-state index < -0.39 is 0 Å². The smallest absolute Gasteiger partial charge is 0.264 e. The Morgan fingerprint density at radius 2 is 2.11 bits per heavy atom. The molecule has 1 heterocycles. The third-order valence-corrected chi connectivity index (χ3v) is 3.72. The molecule has 0 saturated carbocycles. The first-order valence-electron chi connectivity index (χ1n) is 6.21. The maximum Gasteiger partial charge on any atom is 0.278 e. The number of hydrogen-bond donors (Lipinski definition) is 0. The Morgan fingerprint density at radius 1 is 1.37 bits per heavy atom. The quantitative estimate of drug-likeness (QED) is 0.477. The minimum Gasteiger partial charge on any atom is -0.264 e. The molecule has 2 aromatic rings. The van der Waals surface area contributed by atoms with Crippen LogP contribution in [0.3, 0.4) is 0 Å². The van der Waals surface area contributed by atoms with Gasteiger partial charge in [-0.05, 0) is 30.4 Å². The SMILES string of the molecule is CCC(c1ccc([N+](=O)[O-])c2cnccc12)C(C)Cl. The summed E-state index contributed by atoms with van der Waals surface area (Å²) in [6.07, 6.45) is 4.09. The number of nitro groups is 1. The lowest BCUT2D eigenvalue weighted by Crippen LogP contribution is -2.09. The van der Waals surface area contributed by atoms with E-state index in [1.807, 2.05) is 19.1 Å². The summed E-state index contributed by atoms with van der Waals surface area (Å²) in [4.78, 5) is 14.7. The van der Waals surface area contributed by atoms with Crippen molar-refractivity contribution in [2.45, 2.75) is 31.6 Å². The standard InChI is InChI=1S/C14H15ClN2O2/c1-3-10(9(2)15)11-4-5-14(17(18)19)13-8-16-7-6-12(11)13/h4-10H,3H2,1-2H3. The van der Waals surface area contributed by atoms with Crippen LogP contribution in [-0.4, -0.2) is 15.3 Å². The second-order valence-electron chi connectivity index (χ2n) is 4.54. The molecule has 0 aliphatic carbocycles. The van der Waals surface area contributed by atoms with Crippen LogP contribution >= 0.6 is 11.6 Å². The van der Waals surface area contributed by atoms with E-state index >= 15 is 0 Å². The minimum atomic E-state index is -0.376. The normalized spacial score (nSPS) is 14.3. The fourth-order valence-electron chi connectivity index (χ4n) is 2.47. The topological polar surface area (TPSA) is 56.0 Å². The van der Waals surface area contributed by atoms with Gasteiger partial charge in [0.2, 0.25) is 0 Å². The van der Waals surface area contributed by atoms with E-state index in [2.05, 4.69) is 11.9 Å². The zero-order valence-corrected chi connectivity index (χ0v) is 11.6. The van der Waals surface area contributed by atoms with Crippen LogP contribution in [0, 0.1) is 10.1 Å². The predicted molar refractivity (Wildman–Crippen MR) is 76.7 cm³/mol. The molecule has 0 spiro atoms. The largest absolute Gasteiger partial charge is 0.278 e. The summed E-state index contributed by atoms with van der Waals surface area (Å²) in [5.41, 5.74) is 1.14. The monoisotopic (exact) mass is 278 g/mol. The van der Waals surface area contributed by atoms with Crippen molar-refractivity contribution in [3.8, 4) is 0 Å². The fraction of sp³-hybridized carbons (Fsp3) is 0.357. The lowest BCUT2D eigenvalue weighted by atomic mass is 9.89. The van der Waals surface area contributed by atoms with Crippen molar-refractivity contribution in [1.82, 2.24) is 4.98 Å². The summed E-state index contributed by atoms with van der Waals surface area (Å²) in [5.74, 6) is 0.173. The summed E-state index contributed by atoms with van der Waals surface area (Å²) < 4.78 is 0. The molecule has 0 bridgehead atoms. The summed E-state index contributed by atoms with van der Waals surface area (Å²) in [6, 6.07) is 5.17. The third kappa shape index (κ3) is 2.54. The molecule has 0 aliphatic rings. The van der Waals surface area contributed by atoms with Crippen molar-refractivity contribution >= 4 is 28.1 Å². The van der Waals surface area contributed by atoms with Crippen LogP contribution < -0.4 is 0 Å². The van der Waals surface area contributed by atoms with Crippen LogP contribution in [0.2, 0.25) is 0 Å². The van der Waals surface area contributed by atoms with Gasteiger partial charge in [0.25, 0.3) is 5.69 Å². The number of halogens is 1. The first kappa shape index (κ1) is 13.7. The Morgan fingerprint density at radius 3 is 2.68 bits per heavy atom. The van der Waals surface area contributed by atoms with Crippen LogP contribution in [-0.2, 0) is 0 Å². The third-order valence-electron chi connectivity index (χ3n) is 3.42. The van der Waals surface area contributed by atoms with Gasteiger partial charge >= 0.3 is 0 Å². The molecule has 2 atom stereocenters. The molecule has 0 aliphatic heterocycles. The summed E-state index contributed by atoms with van der Waals surface area (Å²) >= 11 is 6.23. The molecule has 0 radical (unpaired) electrons. The van der Waals surface area contributed by atoms with Gasteiger partial charge < -0.3 is 0 Å². The molecule has 0 N–H and O–H groups in total. The van der Waals surface area contributed by atoms with Gasteiger partial charge in [-0.15, -0.1) is 11.6 Å². The lowest BCUT2D eigenvalue weighted by Gasteiger charge is -2.19. The highest BCUT2D eigenvalue weighted by atomic mass is 35.5. The number of non-ortho nitro benzene ring substituents is 1. The molecule has 0 amide bonds. The van der Waals surface area contributed by atoms with Crippen LogP contribution in [0.1, 0.15) is 31.7 Å². The van der Waals surface area contributed by atoms with E-state index in [-0.39, 0.29) is 21.9 Å². The van der Waals surface area contributed by atoms with Crippen molar-refractivity contribution < 1.29 is 4.92 Å². The highest BCUT2D eigenvalue weighted by Crippen LogP contribution is 2.35. The zero-order valence-electron chi connectivity index (χ0n) is 10.8. The van der Waals surface area contributed by atoms with E-state index in [1.165, 1.54) is 0 Å². The lowest BCUT2D eigenvalue weighted by molar-refractivity contribution is -0.383. The second-order valence-corrected chi connectivity index (χ2v) is 5.23. The Labute approximate surface area is 116 Å². The molecular formula is C14H15ClN2O2. The van der Waals surface area contributed by atoms with E-state index in [4.69, 9.17) is 11.6 Å². The van der Waals surface area contributed by atoms with E-state index in [0.29, 0.717) is 5.39 Å².